The van der Waals surface area contributed by atoms with Crippen LogP contribution in [0.1, 0.15) is 17.5 Å². The number of carbonyl (C=O) groups is 2. The standard InChI is InChI=1S/C27H27N3O4S/c1-33-23-14-11-20(17-24(23)34-2)13-16-26(32)30-27(35)29-22-10-6-9-21(18-22)28-25(31)15-12-19-7-4-3-5-8-19/h3-11,13-14,16-18H,12,15H2,1-2H3,(H,28,31)(H2,29,30,32,35)/b16-13+. The van der Waals surface area contributed by atoms with Gasteiger partial charge in [0.2, 0.25) is 11.8 Å². The van der Waals surface area contributed by atoms with Gasteiger partial charge < -0.3 is 20.1 Å². The van der Waals surface area contributed by atoms with Crippen LogP contribution in [0.4, 0.5) is 11.4 Å². The number of anilines is 2. The number of benzene rings is 3. The lowest BCUT2D eigenvalue weighted by molar-refractivity contribution is -0.116. The summed E-state index contributed by atoms with van der Waals surface area (Å²) in [6.45, 7) is 0. The zero-order valence-corrected chi connectivity index (χ0v) is 20.4. The van der Waals surface area contributed by atoms with E-state index in [9.17, 15) is 9.59 Å². The molecule has 0 atom stereocenters. The highest BCUT2D eigenvalue weighted by atomic mass is 32.1. The van der Waals surface area contributed by atoms with Gasteiger partial charge in [-0.25, -0.2) is 0 Å². The Labute approximate surface area is 210 Å². The second kappa shape index (κ2) is 12.9. The summed E-state index contributed by atoms with van der Waals surface area (Å²) in [5, 5.41) is 8.57. The molecule has 3 N–H and O–H groups in total. The normalized spacial score (nSPS) is 10.5. The first-order valence-corrected chi connectivity index (χ1v) is 11.3. The van der Waals surface area contributed by atoms with Gasteiger partial charge >= 0.3 is 0 Å². The lowest BCUT2D eigenvalue weighted by Crippen LogP contribution is -2.32. The van der Waals surface area contributed by atoms with Crippen LogP contribution < -0.4 is 25.4 Å². The third-order valence-corrected chi connectivity index (χ3v) is 5.16. The summed E-state index contributed by atoms with van der Waals surface area (Å²) in [7, 11) is 3.11. The first-order valence-electron chi connectivity index (χ1n) is 10.9. The molecule has 0 radical (unpaired) electrons. The summed E-state index contributed by atoms with van der Waals surface area (Å²) in [4.78, 5) is 24.6. The van der Waals surface area contributed by atoms with Crippen molar-refractivity contribution in [3.8, 4) is 11.5 Å². The van der Waals surface area contributed by atoms with Crippen molar-refractivity contribution in [1.82, 2.24) is 5.32 Å². The molecule has 0 aliphatic heterocycles. The first kappa shape index (κ1) is 25.5. The number of carbonyl (C=O) groups excluding carboxylic acids is 2. The van der Waals surface area contributed by atoms with Crippen LogP contribution in [0.3, 0.4) is 0 Å². The topological polar surface area (TPSA) is 88.7 Å². The molecular formula is C27H27N3O4S. The van der Waals surface area contributed by atoms with E-state index in [1.807, 2.05) is 30.3 Å². The molecule has 0 aromatic heterocycles. The minimum Gasteiger partial charge on any atom is -0.493 e. The fraction of sp³-hybridized carbons (Fsp3) is 0.148. The van der Waals surface area contributed by atoms with Gasteiger partial charge in [-0.1, -0.05) is 42.5 Å². The Bertz CT molecular complexity index is 1210. The molecule has 7 nitrogen and oxygen atoms in total. The number of hydrogen-bond acceptors (Lipinski definition) is 5. The molecule has 0 aliphatic rings. The van der Waals surface area contributed by atoms with Crippen molar-refractivity contribution >= 4 is 46.6 Å². The predicted octanol–water partition coefficient (Wildman–Crippen LogP) is 4.80. The highest BCUT2D eigenvalue weighted by molar-refractivity contribution is 7.80. The van der Waals surface area contributed by atoms with E-state index >= 15 is 0 Å². The van der Waals surface area contributed by atoms with E-state index in [-0.39, 0.29) is 16.9 Å². The maximum absolute atomic E-state index is 12.3. The van der Waals surface area contributed by atoms with E-state index < -0.39 is 0 Å². The third-order valence-electron chi connectivity index (χ3n) is 4.96. The molecule has 35 heavy (non-hydrogen) atoms. The van der Waals surface area contributed by atoms with Gasteiger partial charge in [0, 0.05) is 23.9 Å². The lowest BCUT2D eigenvalue weighted by atomic mass is 10.1. The molecule has 0 fully saturated rings. The van der Waals surface area contributed by atoms with Crippen molar-refractivity contribution < 1.29 is 19.1 Å². The van der Waals surface area contributed by atoms with Gasteiger partial charge in [-0.05, 0) is 66.2 Å². The Hall–Kier alpha value is -4.17. The number of rotatable bonds is 9. The molecule has 3 aromatic rings. The Morgan fingerprint density at radius 1 is 0.857 bits per heavy atom. The number of aryl methyl sites for hydroxylation is 1. The predicted molar refractivity (Wildman–Crippen MR) is 143 cm³/mol. The smallest absolute Gasteiger partial charge is 0.250 e. The number of methoxy groups -OCH3 is 2. The van der Waals surface area contributed by atoms with Gasteiger partial charge in [0.25, 0.3) is 0 Å². The minimum absolute atomic E-state index is 0.0813. The molecule has 0 aliphatic carbocycles. The van der Waals surface area contributed by atoms with E-state index in [0.717, 1.165) is 11.1 Å². The number of ether oxygens (including phenoxy) is 2. The summed E-state index contributed by atoms with van der Waals surface area (Å²) in [5.74, 6) is 0.707. The molecule has 0 saturated carbocycles. The number of nitrogens with one attached hydrogen (secondary N) is 3. The Balaban J connectivity index is 1.49. The lowest BCUT2D eigenvalue weighted by Gasteiger charge is -2.11. The van der Waals surface area contributed by atoms with Gasteiger partial charge in [-0.15, -0.1) is 0 Å². The maximum atomic E-state index is 12.3. The van der Waals surface area contributed by atoms with Crippen molar-refractivity contribution in [1.29, 1.82) is 0 Å². The van der Waals surface area contributed by atoms with Crippen LogP contribution in [-0.4, -0.2) is 31.1 Å². The monoisotopic (exact) mass is 489 g/mol. The largest absolute Gasteiger partial charge is 0.493 e. The van der Waals surface area contributed by atoms with Gasteiger partial charge in [-0.3, -0.25) is 14.9 Å². The van der Waals surface area contributed by atoms with Crippen LogP contribution in [0.25, 0.3) is 6.08 Å². The van der Waals surface area contributed by atoms with Gasteiger partial charge in [-0.2, -0.15) is 0 Å². The third kappa shape index (κ3) is 8.28. The molecule has 8 heteroatoms. The van der Waals surface area contributed by atoms with E-state index in [2.05, 4.69) is 16.0 Å². The number of amides is 2. The summed E-state index contributed by atoms with van der Waals surface area (Å²) < 4.78 is 10.5. The van der Waals surface area contributed by atoms with Crippen molar-refractivity contribution in [3.05, 3.63) is 90.0 Å². The van der Waals surface area contributed by atoms with Crippen molar-refractivity contribution in [3.63, 3.8) is 0 Å². The van der Waals surface area contributed by atoms with E-state index in [4.69, 9.17) is 21.7 Å². The van der Waals surface area contributed by atoms with E-state index in [0.29, 0.717) is 35.7 Å². The molecule has 0 bridgehead atoms. The molecule has 3 rings (SSSR count). The highest BCUT2D eigenvalue weighted by Crippen LogP contribution is 2.27. The van der Waals surface area contributed by atoms with Crippen molar-refractivity contribution in [2.45, 2.75) is 12.8 Å². The van der Waals surface area contributed by atoms with Crippen LogP contribution in [0.5, 0.6) is 11.5 Å². The quantitative estimate of drug-likeness (QED) is 0.296. The van der Waals surface area contributed by atoms with Gasteiger partial charge in [0.05, 0.1) is 14.2 Å². The SMILES string of the molecule is COc1ccc(/C=C/C(=O)NC(=S)Nc2cccc(NC(=O)CCc3ccccc3)c2)cc1OC. The molecule has 3 aromatic carbocycles. The van der Waals surface area contributed by atoms with Crippen LogP contribution in [0, 0.1) is 0 Å². The highest BCUT2D eigenvalue weighted by Gasteiger charge is 2.07. The first-order chi connectivity index (χ1) is 17.0. The van der Waals surface area contributed by atoms with Crippen LogP contribution in [0.15, 0.2) is 78.9 Å². The molecule has 0 unspecified atom stereocenters. The molecular weight excluding hydrogens is 462 g/mol. The summed E-state index contributed by atoms with van der Waals surface area (Å²) in [6, 6.07) is 22.3. The second-order valence-electron chi connectivity index (χ2n) is 7.51. The maximum Gasteiger partial charge on any atom is 0.250 e. The molecule has 0 saturated heterocycles. The molecule has 180 valence electrons. The van der Waals surface area contributed by atoms with E-state index in [1.54, 1.807) is 62.8 Å². The molecule has 2 amide bonds. The van der Waals surface area contributed by atoms with Crippen LogP contribution >= 0.6 is 12.2 Å². The van der Waals surface area contributed by atoms with Crippen molar-refractivity contribution in [2.24, 2.45) is 0 Å². The minimum atomic E-state index is -0.386. The fourth-order valence-corrected chi connectivity index (χ4v) is 3.46. The molecule has 0 heterocycles. The zero-order valence-electron chi connectivity index (χ0n) is 19.5. The number of hydrogen-bond donors (Lipinski definition) is 3. The molecule has 0 spiro atoms. The summed E-state index contributed by atoms with van der Waals surface area (Å²) in [6.07, 6.45) is 4.06. The summed E-state index contributed by atoms with van der Waals surface area (Å²) in [5.41, 5.74) is 3.15. The average molecular weight is 490 g/mol. The van der Waals surface area contributed by atoms with Gasteiger partial charge in [0.15, 0.2) is 16.6 Å². The summed E-state index contributed by atoms with van der Waals surface area (Å²) >= 11 is 5.24. The number of thiocarbonyl (C=S) groups is 1. The Kier molecular flexibility index (Phi) is 9.39. The van der Waals surface area contributed by atoms with Crippen LogP contribution in [0.2, 0.25) is 0 Å². The zero-order chi connectivity index (χ0) is 25.0. The average Bonchev–Trinajstić information content (AvgIpc) is 2.86. The van der Waals surface area contributed by atoms with Gasteiger partial charge in [0.1, 0.15) is 0 Å². The Morgan fingerprint density at radius 2 is 1.57 bits per heavy atom. The van der Waals surface area contributed by atoms with Crippen molar-refractivity contribution in [2.75, 3.05) is 24.9 Å². The second-order valence-corrected chi connectivity index (χ2v) is 7.91. The fourth-order valence-electron chi connectivity index (χ4n) is 3.25. The van der Waals surface area contributed by atoms with Crippen LogP contribution in [-0.2, 0) is 16.0 Å². The Morgan fingerprint density at radius 3 is 2.29 bits per heavy atom. The van der Waals surface area contributed by atoms with E-state index in [1.165, 1.54) is 6.08 Å².